The predicted octanol–water partition coefficient (Wildman–Crippen LogP) is 4.60. The van der Waals surface area contributed by atoms with Crippen molar-refractivity contribution in [3.8, 4) is 11.4 Å². The van der Waals surface area contributed by atoms with Crippen molar-refractivity contribution in [1.29, 1.82) is 0 Å². The van der Waals surface area contributed by atoms with Crippen molar-refractivity contribution >= 4 is 34.1 Å². The predicted molar refractivity (Wildman–Crippen MR) is 111 cm³/mol. The van der Waals surface area contributed by atoms with Gasteiger partial charge in [-0.1, -0.05) is 54.1 Å². The summed E-state index contributed by atoms with van der Waals surface area (Å²) in [4.78, 5) is 26.1. The lowest BCUT2D eigenvalue weighted by Crippen LogP contribution is -2.29. The summed E-state index contributed by atoms with van der Waals surface area (Å²) >= 11 is 6.10. The number of carbonyl (C=O) groups excluding carboxylic acids is 1. The molecule has 3 aromatic carbocycles. The number of para-hydroxylation sites is 3. The molecule has 0 bridgehead atoms. The Morgan fingerprint density at radius 2 is 1.54 bits per heavy atom. The summed E-state index contributed by atoms with van der Waals surface area (Å²) in [6.45, 7) is 0. The summed E-state index contributed by atoms with van der Waals surface area (Å²) in [5.74, 6) is -1.09. The van der Waals surface area contributed by atoms with Crippen LogP contribution in [-0.4, -0.2) is 15.6 Å². The summed E-state index contributed by atoms with van der Waals surface area (Å²) in [5.41, 5.74) is 0.489. The number of pyridine rings is 1. The third-order valence-electron chi connectivity index (χ3n) is 4.42. The van der Waals surface area contributed by atoms with E-state index in [0.29, 0.717) is 27.3 Å². The van der Waals surface area contributed by atoms with E-state index in [2.05, 4.69) is 5.32 Å². The molecular formula is C22H15ClN2O3. The molecule has 28 heavy (non-hydrogen) atoms. The van der Waals surface area contributed by atoms with E-state index in [0.717, 1.165) is 0 Å². The van der Waals surface area contributed by atoms with Crippen LogP contribution < -0.4 is 10.9 Å². The number of carbonyl (C=O) groups is 1. The average molecular weight is 391 g/mol. The molecule has 0 radical (unpaired) electrons. The highest BCUT2D eigenvalue weighted by Gasteiger charge is 2.23. The molecule has 0 atom stereocenters. The van der Waals surface area contributed by atoms with Crippen molar-refractivity contribution in [2.75, 3.05) is 5.32 Å². The molecule has 0 saturated carbocycles. The summed E-state index contributed by atoms with van der Waals surface area (Å²) < 4.78 is 1.41. The first-order valence-corrected chi connectivity index (χ1v) is 8.94. The molecule has 4 rings (SSSR count). The molecule has 0 aliphatic rings. The zero-order chi connectivity index (χ0) is 19.7. The maximum atomic E-state index is 13.2. The number of halogens is 1. The van der Waals surface area contributed by atoms with Crippen LogP contribution in [0.2, 0.25) is 5.02 Å². The van der Waals surface area contributed by atoms with Crippen LogP contribution in [0.1, 0.15) is 10.4 Å². The van der Waals surface area contributed by atoms with Crippen molar-refractivity contribution < 1.29 is 9.90 Å². The fraction of sp³-hybridized carbons (Fsp3) is 0. The number of amides is 1. The Balaban J connectivity index is 1.96. The van der Waals surface area contributed by atoms with Crippen LogP contribution in [0.4, 0.5) is 5.69 Å². The van der Waals surface area contributed by atoms with Gasteiger partial charge in [0, 0.05) is 11.1 Å². The number of anilines is 1. The fourth-order valence-corrected chi connectivity index (χ4v) is 3.29. The number of nitrogens with one attached hydrogen (secondary N) is 1. The lowest BCUT2D eigenvalue weighted by Gasteiger charge is -2.15. The molecule has 1 heterocycles. The van der Waals surface area contributed by atoms with E-state index in [-0.39, 0.29) is 11.3 Å². The smallest absolute Gasteiger partial charge is 0.272 e. The van der Waals surface area contributed by atoms with Gasteiger partial charge in [-0.05, 0) is 36.4 Å². The third-order valence-corrected chi connectivity index (χ3v) is 4.75. The average Bonchev–Trinajstić information content (AvgIpc) is 2.71. The first-order valence-electron chi connectivity index (χ1n) is 8.56. The Kier molecular flexibility index (Phi) is 4.59. The Hall–Kier alpha value is -3.57. The van der Waals surface area contributed by atoms with Crippen molar-refractivity contribution in [1.82, 2.24) is 4.57 Å². The van der Waals surface area contributed by atoms with E-state index in [4.69, 9.17) is 11.6 Å². The Labute approximate surface area is 165 Å². The molecule has 1 amide bonds. The molecule has 4 aromatic rings. The Morgan fingerprint density at radius 3 is 2.29 bits per heavy atom. The second-order valence-corrected chi connectivity index (χ2v) is 6.56. The number of rotatable bonds is 3. The van der Waals surface area contributed by atoms with Crippen LogP contribution in [-0.2, 0) is 0 Å². The fourth-order valence-electron chi connectivity index (χ4n) is 3.11. The van der Waals surface area contributed by atoms with E-state index < -0.39 is 11.5 Å². The molecule has 0 aliphatic heterocycles. The van der Waals surface area contributed by atoms with Gasteiger partial charge in [0.25, 0.3) is 11.5 Å². The van der Waals surface area contributed by atoms with Gasteiger partial charge < -0.3 is 10.4 Å². The topological polar surface area (TPSA) is 71.3 Å². The van der Waals surface area contributed by atoms with E-state index in [1.165, 1.54) is 4.57 Å². The largest absolute Gasteiger partial charge is 0.506 e. The minimum atomic E-state index is -0.731. The molecule has 0 aliphatic carbocycles. The van der Waals surface area contributed by atoms with Gasteiger partial charge in [-0.25, -0.2) is 0 Å². The summed E-state index contributed by atoms with van der Waals surface area (Å²) in [7, 11) is 0. The van der Waals surface area contributed by atoms with Crippen LogP contribution in [0.25, 0.3) is 16.6 Å². The number of aromatic nitrogens is 1. The molecule has 1 aromatic heterocycles. The van der Waals surface area contributed by atoms with Gasteiger partial charge in [-0.2, -0.15) is 0 Å². The quantitative estimate of drug-likeness (QED) is 0.537. The minimum absolute atomic E-state index is 0.333. The van der Waals surface area contributed by atoms with Crippen molar-refractivity contribution in [3.63, 3.8) is 0 Å². The van der Waals surface area contributed by atoms with Gasteiger partial charge in [0.15, 0.2) is 0 Å². The lowest BCUT2D eigenvalue weighted by molar-refractivity contribution is 0.102. The molecule has 0 unspecified atom stereocenters. The summed E-state index contributed by atoms with van der Waals surface area (Å²) in [6, 6.07) is 22.5. The van der Waals surface area contributed by atoms with E-state index in [9.17, 15) is 14.7 Å². The summed E-state index contributed by atoms with van der Waals surface area (Å²) in [5, 5.41) is 14.1. The number of aromatic hydroxyl groups is 1. The van der Waals surface area contributed by atoms with Crippen LogP contribution in [0.5, 0.6) is 5.75 Å². The zero-order valence-corrected chi connectivity index (χ0v) is 15.4. The van der Waals surface area contributed by atoms with Crippen LogP contribution in [0.15, 0.2) is 83.7 Å². The number of nitrogens with zero attached hydrogens (tertiary/aromatic N) is 1. The highest BCUT2D eigenvalue weighted by molar-refractivity contribution is 6.34. The van der Waals surface area contributed by atoms with E-state index in [1.807, 2.05) is 6.07 Å². The Bertz CT molecular complexity index is 1250. The van der Waals surface area contributed by atoms with Crippen molar-refractivity contribution in [2.24, 2.45) is 0 Å². The van der Waals surface area contributed by atoms with Crippen molar-refractivity contribution in [3.05, 3.63) is 99.8 Å². The normalized spacial score (nSPS) is 10.8. The van der Waals surface area contributed by atoms with Gasteiger partial charge in [0.05, 0.1) is 16.2 Å². The maximum Gasteiger partial charge on any atom is 0.272 e. The zero-order valence-electron chi connectivity index (χ0n) is 14.6. The second kappa shape index (κ2) is 7.21. The first-order chi connectivity index (χ1) is 13.6. The lowest BCUT2D eigenvalue weighted by atomic mass is 10.1. The molecular weight excluding hydrogens is 376 g/mol. The van der Waals surface area contributed by atoms with Gasteiger partial charge in [-0.15, -0.1) is 0 Å². The highest BCUT2D eigenvalue weighted by Crippen LogP contribution is 2.29. The number of hydrogen-bond acceptors (Lipinski definition) is 3. The molecule has 0 fully saturated rings. The maximum absolute atomic E-state index is 13.2. The van der Waals surface area contributed by atoms with Gasteiger partial charge >= 0.3 is 0 Å². The molecule has 6 heteroatoms. The van der Waals surface area contributed by atoms with Crippen molar-refractivity contribution in [2.45, 2.75) is 0 Å². The van der Waals surface area contributed by atoms with Gasteiger partial charge in [-0.3, -0.25) is 14.2 Å². The monoisotopic (exact) mass is 390 g/mol. The molecule has 2 N–H and O–H groups in total. The number of fused-ring (bicyclic) bond motifs is 1. The number of hydrogen-bond donors (Lipinski definition) is 2. The van der Waals surface area contributed by atoms with Crippen LogP contribution in [0.3, 0.4) is 0 Å². The first kappa shape index (κ1) is 17.8. The standard InChI is InChI=1S/C22H15ClN2O3/c23-16-11-5-6-12-17(16)24-21(27)19-20(26)15-10-4-7-13-18(15)25(22(19)28)14-8-2-1-3-9-14/h1-13,26H,(H,24,27). The molecule has 138 valence electrons. The van der Waals surface area contributed by atoms with Crippen LogP contribution in [0, 0.1) is 0 Å². The minimum Gasteiger partial charge on any atom is -0.506 e. The van der Waals surface area contributed by atoms with E-state index >= 15 is 0 Å². The third kappa shape index (κ3) is 3.02. The van der Waals surface area contributed by atoms with Crippen LogP contribution >= 0.6 is 11.6 Å². The molecule has 5 nitrogen and oxygen atoms in total. The van der Waals surface area contributed by atoms with E-state index in [1.54, 1.807) is 72.8 Å². The highest BCUT2D eigenvalue weighted by atomic mass is 35.5. The molecule has 0 spiro atoms. The second-order valence-electron chi connectivity index (χ2n) is 6.15. The summed E-state index contributed by atoms with van der Waals surface area (Å²) in [6.07, 6.45) is 0. The Morgan fingerprint density at radius 1 is 0.893 bits per heavy atom. The SMILES string of the molecule is O=C(Nc1ccccc1Cl)c1c(O)c2ccccc2n(-c2ccccc2)c1=O. The molecule has 0 saturated heterocycles. The number of benzene rings is 3. The van der Waals surface area contributed by atoms with Gasteiger partial charge in [0.2, 0.25) is 0 Å². The van der Waals surface area contributed by atoms with Gasteiger partial charge in [0.1, 0.15) is 11.3 Å².